The molecule has 0 amide bonds. The van der Waals surface area contributed by atoms with E-state index in [2.05, 4.69) is 37.9 Å². The third-order valence-corrected chi connectivity index (χ3v) is 4.60. The lowest BCUT2D eigenvalue weighted by molar-refractivity contribution is 0.864. The largest absolute Gasteiger partial charge is 0.320 e. The standard InChI is InChI=1S/C14H12Br2ClN/c1-8-5-13(16)11(7-12(8)15)14(18)9-3-2-4-10(17)6-9/h2-7,14H,18H2,1H3. The number of hydrogen-bond donors (Lipinski definition) is 1. The van der Waals surface area contributed by atoms with Gasteiger partial charge in [0.05, 0.1) is 6.04 Å². The summed E-state index contributed by atoms with van der Waals surface area (Å²) in [6, 6.07) is 11.5. The number of hydrogen-bond acceptors (Lipinski definition) is 1. The molecule has 0 radical (unpaired) electrons. The van der Waals surface area contributed by atoms with E-state index >= 15 is 0 Å². The Morgan fingerprint density at radius 3 is 2.50 bits per heavy atom. The molecule has 1 nitrogen and oxygen atoms in total. The fraction of sp³-hybridized carbons (Fsp3) is 0.143. The first-order chi connectivity index (χ1) is 8.49. The summed E-state index contributed by atoms with van der Waals surface area (Å²) in [6.45, 7) is 2.05. The van der Waals surface area contributed by atoms with Crippen molar-refractivity contribution in [3.05, 3.63) is 67.1 Å². The maximum absolute atomic E-state index is 6.30. The Bertz CT molecular complexity index is 584. The van der Waals surface area contributed by atoms with E-state index in [9.17, 15) is 0 Å². The Morgan fingerprint density at radius 1 is 1.11 bits per heavy atom. The highest BCUT2D eigenvalue weighted by Crippen LogP contribution is 2.32. The SMILES string of the molecule is Cc1cc(Br)c(C(N)c2cccc(Cl)c2)cc1Br. The zero-order valence-electron chi connectivity index (χ0n) is 9.75. The smallest absolute Gasteiger partial charge is 0.0563 e. The molecule has 1 unspecified atom stereocenters. The summed E-state index contributed by atoms with van der Waals surface area (Å²) >= 11 is 13.1. The van der Waals surface area contributed by atoms with Crippen molar-refractivity contribution in [2.24, 2.45) is 5.73 Å². The molecule has 2 aromatic rings. The predicted molar refractivity (Wildman–Crippen MR) is 84.1 cm³/mol. The normalized spacial score (nSPS) is 12.5. The first-order valence-electron chi connectivity index (χ1n) is 5.45. The number of aryl methyl sites for hydroxylation is 1. The molecule has 0 aliphatic heterocycles. The second-order valence-electron chi connectivity index (χ2n) is 4.16. The van der Waals surface area contributed by atoms with Crippen molar-refractivity contribution in [2.75, 3.05) is 0 Å². The van der Waals surface area contributed by atoms with Crippen LogP contribution in [0.15, 0.2) is 45.3 Å². The molecule has 1 atom stereocenters. The van der Waals surface area contributed by atoms with Crippen LogP contribution in [0.1, 0.15) is 22.7 Å². The lowest BCUT2D eigenvalue weighted by atomic mass is 9.99. The minimum atomic E-state index is -0.199. The Kier molecular flexibility index (Phi) is 4.49. The molecule has 2 N–H and O–H groups in total. The van der Waals surface area contributed by atoms with Gasteiger partial charge in [-0.1, -0.05) is 55.6 Å². The van der Waals surface area contributed by atoms with Crippen LogP contribution in [0.25, 0.3) is 0 Å². The van der Waals surface area contributed by atoms with Crippen LogP contribution in [0, 0.1) is 6.92 Å². The molecule has 0 aliphatic rings. The number of benzene rings is 2. The van der Waals surface area contributed by atoms with E-state index in [-0.39, 0.29) is 6.04 Å². The van der Waals surface area contributed by atoms with Crippen molar-refractivity contribution < 1.29 is 0 Å². The van der Waals surface area contributed by atoms with Crippen LogP contribution in [0.2, 0.25) is 5.02 Å². The van der Waals surface area contributed by atoms with E-state index in [0.29, 0.717) is 5.02 Å². The Labute approximate surface area is 129 Å². The molecule has 2 rings (SSSR count). The van der Waals surface area contributed by atoms with E-state index in [1.54, 1.807) is 0 Å². The van der Waals surface area contributed by atoms with Gasteiger partial charge in [-0.2, -0.15) is 0 Å². The van der Waals surface area contributed by atoms with Gasteiger partial charge >= 0.3 is 0 Å². The maximum atomic E-state index is 6.30. The average Bonchev–Trinajstić information content (AvgIpc) is 2.33. The van der Waals surface area contributed by atoms with Gasteiger partial charge in [-0.05, 0) is 47.9 Å². The van der Waals surface area contributed by atoms with Gasteiger partial charge in [-0.3, -0.25) is 0 Å². The lowest BCUT2D eigenvalue weighted by Gasteiger charge is -2.16. The minimum Gasteiger partial charge on any atom is -0.320 e. The summed E-state index contributed by atoms with van der Waals surface area (Å²) in [6.07, 6.45) is 0. The molecule has 0 spiro atoms. The number of nitrogens with two attached hydrogens (primary N) is 1. The summed E-state index contributed by atoms with van der Waals surface area (Å²) in [7, 11) is 0. The number of rotatable bonds is 2. The van der Waals surface area contributed by atoms with Gasteiger partial charge in [0.1, 0.15) is 0 Å². The molecule has 0 fully saturated rings. The Balaban J connectivity index is 2.46. The minimum absolute atomic E-state index is 0.199. The van der Waals surface area contributed by atoms with E-state index in [4.69, 9.17) is 17.3 Å². The van der Waals surface area contributed by atoms with Crippen LogP contribution in [0.5, 0.6) is 0 Å². The van der Waals surface area contributed by atoms with Crippen LogP contribution in [-0.2, 0) is 0 Å². The first-order valence-corrected chi connectivity index (χ1v) is 7.42. The molecular formula is C14H12Br2ClN. The molecule has 2 aromatic carbocycles. The van der Waals surface area contributed by atoms with E-state index in [0.717, 1.165) is 20.1 Å². The average molecular weight is 390 g/mol. The van der Waals surface area contributed by atoms with Crippen molar-refractivity contribution in [3.63, 3.8) is 0 Å². The highest BCUT2D eigenvalue weighted by molar-refractivity contribution is 9.11. The Hall–Kier alpha value is -0.350. The lowest BCUT2D eigenvalue weighted by Crippen LogP contribution is -2.12. The third kappa shape index (κ3) is 2.97. The van der Waals surface area contributed by atoms with Crippen molar-refractivity contribution in [2.45, 2.75) is 13.0 Å². The molecule has 0 heterocycles. The van der Waals surface area contributed by atoms with Gasteiger partial charge in [0.15, 0.2) is 0 Å². The van der Waals surface area contributed by atoms with Crippen LogP contribution in [0.4, 0.5) is 0 Å². The molecular weight excluding hydrogens is 377 g/mol. The zero-order chi connectivity index (χ0) is 13.3. The molecule has 4 heteroatoms. The van der Waals surface area contributed by atoms with Gasteiger partial charge in [0.25, 0.3) is 0 Å². The van der Waals surface area contributed by atoms with Crippen LogP contribution >= 0.6 is 43.5 Å². The molecule has 0 bridgehead atoms. The predicted octanol–water partition coefficient (Wildman–Crippen LogP) is 5.22. The van der Waals surface area contributed by atoms with Gasteiger partial charge in [0.2, 0.25) is 0 Å². The van der Waals surface area contributed by atoms with Crippen molar-refractivity contribution in [1.82, 2.24) is 0 Å². The highest BCUT2D eigenvalue weighted by atomic mass is 79.9. The fourth-order valence-electron chi connectivity index (χ4n) is 1.78. The molecule has 0 saturated carbocycles. The summed E-state index contributed by atoms with van der Waals surface area (Å²) in [5.74, 6) is 0. The summed E-state index contributed by atoms with van der Waals surface area (Å²) in [4.78, 5) is 0. The molecule has 18 heavy (non-hydrogen) atoms. The van der Waals surface area contributed by atoms with Gasteiger partial charge in [-0.15, -0.1) is 0 Å². The van der Waals surface area contributed by atoms with E-state index in [1.165, 1.54) is 5.56 Å². The van der Waals surface area contributed by atoms with Crippen LogP contribution < -0.4 is 5.73 Å². The quantitative estimate of drug-likeness (QED) is 0.749. The summed E-state index contributed by atoms with van der Waals surface area (Å²) in [5.41, 5.74) is 9.50. The van der Waals surface area contributed by atoms with Crippen molar-refractivity contribution in [3.8, 4) is 0 Å². The van der Waals surface area contributed by atoms with Crippen molar-refractivity contribution in [1.29, 1.82) is 0 Å². The molecule has 0 aliphatic carbocycles. The van der Waals surface area contributed by atoms with Gasteiger partial charge < -0.3 is 5.73 Å². The molecule has 0 aromatic heterocycles. The van der Waals surface area contributed by atoms with Gasteiger partial charge in [0, 0.05) is 14.0 Å². The highest BCUT2D eigenvalue weighted by Gasteiger charge is 2.14. The third-order valence-electron chi connectivity index (χ3n) is 2.82. The monoisotopic (exact) mass is 387 g/mol. The second-order valence-corrected chi connectivity index (χ2v) is 6.30. The van der Waals surface area contributed by atoms with Crippen LogP contribution in [0.3, 0.4) is 0 Å². The van der Waals surface area contributed by atoms with E-state index < -0.39 is 0 Å². The van der Waals surface area contributed by atoms with E-state index in [1.807, 2.05) is 37.3 Å². The molecule has 94 valence electrons. The first kappa shape index (κ1) is 14.1. The zero-order valence-corrected chi connectivity index (χ0v) is 13.7. The Morgan fingerprint density at radius 2 is 1.83 bits per heavy atom. The van der Waals surface area contributed by atoms with Crippen LogP contribution in [-0.4, -0.2) is 0 Å². The summed E-state index contributed by atoms with van der Waals surface area (Å²) < 4.78 is 2.06. The number of halogens is 3. The fourth-order valence-corrected chi connectivity index (χ4v) is 3.04. The second kappa shape index (κ2) is 5.74. The van der Waals surface area contributed by atoms with Crippen molar-refractivity contribution >= 4 is 43.5 Å². The summed E-state index contributed by atoms with van der Waals surface area (Å²) in [5, 5.41) is 0.699. The van der Waals surface area contributed by atoms with Gasteiger partial charge in [-0.25, -0.2) is 0 Å². The molecule has 0 saturated heterocycles. The topological polar surface area (TPSA) is 26.0 Å². The maximum Gasteiger partial charge on any atom is 0.0563 e.